The summed E-state index contributed by atoms with van der Waals surface area (Å²) in [6, 6.07) is 9.16. The Kier molecular flexibility index (Phi) is 6.23. The molecule has 0 aliphatic carbocycles. The minimum Gasteiger partial charge on any atom is -0.507 e. The molecule has 0 bridgehead atoms. The van der Waals surface area contributed by atoms with E-state index in [9.17, 15) is 52.4 Å². The van der Waals surface area contributed by atoms with E-state index in [1.807, 2.05) is 0 Å². The highest BCUT2D eigenvalue weighted by atomic mass is 32.2. The number of phenols is 1. The lowest BCUT2D eigenvalue weighted by Crippen LogP contribution is -2.11. The molecule has 4 rings (SSSR count). The predicted octanol–water partition coefficient (Wildman–Crippen LogP) is 2.21. The summed E-state index contributed by atoms with van der Waals surface area (Å²) in [6.45, 7) is 0. The predicted molar refractivity (Wildman–Crippen MR) is 127 cm³/mol. The van der Waals surface area contributed by atoms with E-state index in [2.05, 4.69) is 0 Å². The minimum atomic E-state index is -4.95. The largest absolute Gasteiger partial charge is 0.507 e. The van der Waals surface area contributed by atoms with E-state index in [0.29, 0.717) is 12.1 Å². The van der Waals surface area contributed by atoms with Crippen molar-refractivity contribution in [3.05, 3.63) is 60.7 Å². The van der Waals surface area contributed by atoms with Crippen molar-refractivity contribution in [3.8, 4) is 11.5 Å². The van der Waals surface area contributed by atoms with Crippen molar-refractivity contribution in [1.29, 1.82) is 0 Å². The lowest BCUT2D eigenvalue weighted by molar-refractivity contribution is 0.468. The molecule has 0 radical (unpaired) electrons. The van der Waals surface area contributed by atoms with Gasteiger partial charge in [-0.2, -0.15) is 33.7 Å². The first kappa shape index (κ1) is 26.7. The summed E-state index contributed by atoms with van der Waals surface area (Å²) >= 11 is 0. The van der Waals surface area contributed by atoms with E-state index in [0.717, 1.165) is 36.4 Å². The Morgan fingerprint density at radius 2 is 1.19 bits per heavy atom. The third-order valence-electron chi connectivity index (χ3n) is 5.11. The molecule has 0 saturated carbocycles. The van der Waals surface area contributed by atoms with Crippen LogP contribution in [-0.4, -0.2) is 52.4 Å². The molecule has 0 aliphatic heterocycles. The maximum absolute atomic E-state index is 13.1. The smallest absolute Gasteiger partial charge is 0.339 e. The lowest BCUT2D eigenvalue weighted by Gasteiger charge is -2.13. The van der Waals surface area contributed by atoms with Gasteiger partial charge in [-0.15, -0.1) is 0 Å². The molecular weight excluding hydrogens is 576 g/mol. The first-order valence-corrected chi connectivity index (χ1v) is 15.3. The highest BCUT2D eigenvalue weighted by Crippen LogP contribution is 2.37. The van der Waals surface area contributed by atoms with Crippen molar-refractivity contribution in [2.75, 3.05) is 0 Å². The van der Waals surface area contributed by atoms with Crippen LogP contribution < -0.4 is 4.18 Å². The second kappa shape index (κ2) is 8.62. The third-order valence-corrected chi connectivity index (χ3v) is 8.90. The fourth-order valence-corrected chi connectivity index (χ4v) is 6.31. The minimum absolute atomic E-state index is 0.119. The number of aromatic hydroxyl groups is 1. The Bertz CT molecular complexity index is 2040. The molecule has 0 aromatic heterocycles. The average molecular weight is 591 g/mol. The van der Waals surface area contributed by atoms with Crippen LogP contribution in [0, 0.1) is 0 Å². The zero-order valence-corrected chi connectivity index (χ0v) is 21.1. The Balaban J connectivity index is 1.92. The van der Waals surface area contributed by atoms with E-state index in [4.69, 9.17) is 4.18 Å². The molecule has 17 heteroatoms. The first-order chi connectivity index (χ1) is 16.9. The van der Waals surface area contributed by atoms with Crippen LogP contribution >= 0.6 is 0 Å². The van der Waals surface area contributed by atoms with E-state index in [-0.39, 0.29) is 21.5 Å². The molecule has 37 heavy (non-hydrogen) atoms. The van der Waals surface area contributed by atoms with Crippen LogP contribution in [0.15, 0.2) is 80.2 Å². The van der Waals surface area contributed by atoms with Crippen molar-refractivity contribution in [1.82, 2.24) is 0 Å². The molecule has 0 unspecified atom stereocenters. The summed E-state index contributed by atoms with van der Waals surface area (Å²) in [5, 5.41) is 9.49. The number of hydrogen-bond donors (Lipinski definition) is 4. The van der Waals surface area contributed by atoms with Crippen LogP contribution in [0.5, 0.6) is 11.5 Å². The molecule has 0 spiro atoms. The Hall–Kier alpha value is -3.32. The van der Waals surface area contributed by atoms with Gasteiger partial charge in [-0.05, 0) is 47.2 Å². The van der Waals surface area contributed by atoms with Gasteiger partial charge in [0.05, 0.1) is 9.79 Å². The topological polar surface area (TPSA) is 227 Å². The Morgan fingerprint density at radius 3 is 1.78 bits per heavy atom. The van der Waals surface area contributed by atoms with Crippen molar-refractivity contribution in [2.45, 2.75) is 19.6 Å². The maximum atomic E-state index is 13.1. The van der Waals surface area contributed by atoms with E-state index < -0.39 is 71.6 Å². The van der Waals surface area contributed by atoms with Gasteiger partial charge in [0.1, 0.15) is 15.5 Å². The van der Waals surface area contributed by atoms with Gasteiger partial charge in [0.2, 0.25) is 0 Å². The summed E-state index contributed by atoms with van der Waals surface area (Å²) < 4.78 is 129. The number of fused-ring (bicyclic) bond motifs is 2. The van der Waals surface area contributed by atoms with E-state index in [1.54, 1.807) is 0 Å². The Morgan fingerprint density at radius 1 is 0.595 bits per heavy atom. The van der Waals surface area contributed by atoms with Crippen molar-refractivity contribution in [3.63, 3.8) is 0 Å². The van der Waals surface area contributed by atoms with Gasteiger partial charge in [0.15, 0.2) is 5.75 Å². The quantitative estimate of drug-likeness (QED) is 0.187. The molecule has 0 aliphatic rings. The molecule has 0 saturated heterocycles. The molecular formula is C20H14O13S4. The van der Waals surface area contributed by atoms with Crippen LogP contribution in [0.25, 0.3) is 21.5 Å². The molecule has 4 N–H and O–H groups in total. The standard InChI is InChI=1S/C20H14O13S4/c21-17-9-15(6-11-2-1-3-19(20(11)17)36(28,29)30)37(31,32)33-18-10-14(35(25,26)27)8-12-7-13(34(22,23)24)4-5-16(12)18/h1-10,21H,(H,22,23,24)(H,25,26,27)(H,28,29,30). The van der Waals surface area contributed by atoms with Gasteiger partial charge < -0.3 is 9.29 Å². The molecule has 0 fully saturated rings. The molecule has 13 nitrogen and oxygen atoms in total. The fraction of sp³-hybridized carbons (Fsp3) is 0. The first-order valence-electron chi connectivity index (χ1n) is 9.58. The zero-order valence-electron chi connectivity index (χ0n) is 17.9. The van der Waals surface area contributed by atoms with Gasteiger partial charge in [-0.25, -0.2) is 0 Å². The van der Waals surface area contributed by atoms with Crippen molar-refractivity contribution >= 4 is 62.0 Å². The molecule has 0 atom stereocenters. The van der Waals surface area contributed by atoms with Crippen molar-refractivity contribution in [2.24, 2.45) is 0 Å². The summed E-state index contributed by atoms with van der Waals surface area (Å²) in [6.07, 6.45) is 0. The Labute approximate surface area is 209 Å². The number of phenolic OH excluding ortho intramolecular Hbond substituents is 1. The molecule has 0 amide bonds. The van der Waals surface area contributed by atoms with E-state index >= 15 is 0 Å². The van der Waals surface area contributed by atoms with Crippen LogP contribution in [0.3, 0.4) is 0 Å². The van der Waals surface area contributed by atoms with Gasteiger partial charge in [-0.3, -0.25) is 13.7 Å². The molecule has 4 aromatic rings. The number of rotatable bonds is 6. The second-order valence-electron chi connectivity index (χ2n) is 7.56. The maximum Gasteiger partial charge on any atom is 0.339 e. The number of benzene rings is 4. The average Bonchev–Trinajstić information content (AvgIpc) is 2.76. The van der Waals surface area contributed by atoms with Crippen LogP contribution in [0.1, 0.15) is 0 Å². The van der Waals surface area contributed by atoms with Gasteiger partial charge in [0, 0.05) is 22.9 Å². The van der Waals surface area contributed by atoms with Crippen LogP contribution in [0.2, 0.25) is 0 Å². The van der Waals surface area contributed by atoms with Gasteiger partial charge in [-0.1, -0.05) is 12.1 Å². The summed E-state index contributed by atoms with van der Waals surface area (Å²) in [4.78, 5) is -2.91. The molecule has 0 heterocycles. The highest BCUT2D eigenvalue weighted by Gasteiger charge is 2.25. The lowest BCUT2D eigenvalue weighted by atomic mass is 10.1. The zero-order chi connectivity index (χ0) is 27.6. The van der Waals surface area contributed by atoms with E-state index in [1.165, 1.54) is 12.1 Å². The van der Waals surface area contributed by atoms with Gasteiger partial charge >= 0.3 is 10.1 Å². The monoisotopic (exact) mass is 590 g/mol. The van der Waals surface area contributed by atoms with Crippen LogP contribution in [0.4, 0.5) is 0 Å². The second-order valence-corrected chi connectivity index (χ2v) is 13.3. The summed E-state index contributed by atoms with van der Waals surface area (Å²) in [5.74, 6) is -1.51. The summed E-state index contributed by atoms with van der Waals surface area (Å²) in [7, 11) is -19.4. The van der Waals surface area contributed by atoms with Crippen molar-refractivity contribution < 1.29 is 56.6 Å². The highest BCUT2D eigenvalue weighted by molar-refractivity contribution is 7.87. The SMILES string of the molecule is O=S(=O)(O)c1ccc2c(OS(=O)(=O)c3cc(O)c4c(S(=O)(=O)O)cccc4c3)cc(S(=O)(=O)O)cc2c1. The number of hydrogen-bond acceptors (Lipinski definition) is 10. The molecule has 4 aromatic carbocycles. The summed E-state index contributed by atoms with van der Waals surface area (Å²) in [5.41, 5.74) is 0. The van der Waals surface area contributed by atoms with Crippen LogP contribution in [-0.2, 0) is 40.5 Å². The third kappa shape index (κ3) is 5.23. The fourth-order valence-electron chi connectivity index (χ4n) is 3.53. The normalized spacial score (nSPS) is 13.2. The molecule has 196 valence electrons. The van der Waals surface area contributed by atoms with Gasteiger partial charge in [0.25, 0.3) is 30.4 Å².